The predicted molar refractivity (Wildman–Crippen MR) is 95.9 cm³/mol. The highest BCUT2D eigenvalue weighted by Crippen LogP contribution is 2.50. The van der Waals surface area contributed by atoms with Crippen LogP contribution in [0.4, 0.5) is 5.69 Å². The fraction of sp³-hybridized carbons (Fsp3) is 0.381. The number of hydrogen-bond donors (Lipinski definition) is 0. The first-order valence-corrected chi connectivity index (χ1v) is 8.23. The molecular weight excluding hydrogens is 282 g/mol. The van der Waals surface area contributed by atoms with Crippen LogP contribution >= 0.6 is 0 Å². The Labute approximate surface area is 139 Å². The molecule has 0 saturated heterocycles. The summed E-state index contributed by atoms with van der Waals surface area (Å²) in [6.45, 7) is 10.4. The van der Waals surface area contributed by atoms with Gasteiger partial charge in [-0.1, -0.05) is 55.0 Å². The molecule has 0 radical (unpaired) electrons. The molecule has 1 aliphatic rings. The minimum absolute atomic E-state index is 0.0975. The van der Waals surface area contributed by atoms with Crippen LogP contribution in [0.25, 0.3) is 0 Å². The zero-order valence-electron chi connectivity index (χ0n) is 14.7. The van der Waals surface area contributed by atoms with Crippen molar-refractivity contribution in [1.29, 1.82) is 0 Å². The quantitative estimate of drug-likeness (QED) is 0.738. The average molecular weight is 307 g/mol. The average Bonchev–Trinajstić information content (AvgIpc) is 2.46. The monoisotopic (exact) mass is 307 g/mol. The van der Waals surface area contributed by atoms with Gasteiger partial charge in [0.15, 0.2) is 0 Å². The molecule has 0 fully saturated rings. The van der Waals surface area contributed by atoms with Crippen LogP contribution < -0.4 is 4.90 Å². The maximum absolute atomic E-state index is 12.3. The van der Waals surface area contributed by atoms with E-state index in [0.29, 0.717) is 0 Å². The maximum atomic E-state index is 12.3. The first-order valence-electron chi connectivity index (χ1n) is 8.23. The summed E-state index contributed by atoms with van der Waals surface area (Å²) in [4.78, 5) is 14.3. The summed E-state index contributed by atoms with van der Waals surface area (Å²) in [5.41, 5.74) is 4.54. The van der Waals surface area contributed by atoms with Gasteiger partial charge in [0, 0.05) is 23.6 Å². The second kappa shape index (κ2) is 5.23. The van der Waals surface area contributed by atoms with Crippen LogP contribution in [0, 0.1) is 6.92 Å². The van der Waals surface area contributed by atoms with Crippen molar-refractivity contribution in [2.45, 2.75) is 52.0 Å². The van der Waals surface area contributed by atoms with E-state index in [1.54, 1.807) is 6.92 Å². The Morgan fingerprint density at radius 3 is 2.22 bits per heavy atom. The van der Waals surface area contributed by atoms with E-state index in [0.717, 1.165) is 12.1 Å². The number of hydrogen-bond acceptors (Lipinski definition) is 1. The molecule has 0 spiro atoms. The number of amides is 1. The number of fused-ring (bicyclic) bond motifs is 1. The van der Waals surface area contributed by atoms with Crippen molar-refractivity contribution in [3.63, 3.8) is 0 Å². The van der Waals surface area contributed by atoms with E-state index in [2.05, 4.69) is 70.2 Å². The van der Waals surface area contributed by atoms with Gasteiger partial charge in [0.2, 0.25) is 5.91 Å². The van der Waals surface area contributed by atoms with Crippen molar-refractivity contribution < 1.29 is 4.79 Å². The number of carbonyl (C=O) groups excluding carboxylic acids is 1. The maximum Gasteiger partial charge on any atom is 0.224 e. The summed E-state index contributed by atoms with van der Waals surface area (Å²) in [5, 5.41) is 0. The molecule has 2 heteroatoms. The molecule has 1 amide bonds. The second-order valence-electron chi connectivity index (χ2n) is 7.56. The highest BCUT2D eigenvalue weighted by molar-refractivity contribution is 5.95. The Hall–Kier alpha value is -2.09. The number of rotatable bonds is 1. The molecule has 2 aromatic carbocycles. The van der Waals surface area contributed by atoms with Gasteiger partial charge in [-0.15, -0.1) is 0 Å². The van der Waals surface area contributed by atoms with E-state index in [1.165, 1.54) is 16.7 Å². The predicted octanol–water partition coefficient (Wildman–Crippen LogP) is 4.84. The normalized spacial score (nSPS) is 22.6. The molecule has 0 saturated carbocycles. The van der Waals surface area contributed by atoms with Gasteiger partial charge < -0.3 is 4.90 Å². The number of para-hydroxylation sites is 1. The zero-order valence-corrected chi connectivity index (χ0v) is 14.7. The first kappa shape index (κ1) is 15.8. The van der Waals surface area contributed by atoms with Crippen molar-refractivity contribution in [3.8, 4) is 0 Å². The Kier molecular flexibility index (Phi) is 3.59. The topological polar surface area (TPSA) is 20.3 Å². The largest absolute Gasteiger partial charge is 0.307 e. The lowest BCUT2D eigenvalue weighted by atomic mass is 9.65. The molecule has 0 N–H and O–H groups in total. The number of nitrogens with zero attached hydrogens (tertiary/aromatic N) is 1. The number of aryl methyl sites for hydroxylation is 1. The van der Waals surface area contributed by atoms with Crippen molar-refractivity contribution in [2.75, 3.05) is 4.90 Å². The molecule has 23 heavy (non-hydrogen) atoms. The van der Waals surface area contributed by atoms with Crippen LogP contribution in [-0.4, -0.2) is 11.4 Å². The molecule has 3 rings (SSSR count). The van der Waals surface area contributed by atoms with Gasteiger partial charge >= 0.3 is 0 Å². The molecule has 2 aromatic rings. The van der Waals surface area contributed by atoms with Gasteiger partial charge in [-0.3, -0.25) is 4.79 Å². The highest BCUT2D eigenvalue weighted by Gasteiger charge is 2.46. The molecule has 2 nitrogen and oxygen atoms in total. The van der Waals surface area contributed by atoms with Gasteiger partial charge in [0.05, 0.1) is 0 Å². The van der Waals surface area contributed by atoms with E-state index in [1.807, 2.05) is 11.0 Å². The lowest BCUT2D eigenvalue weighted by Gasteiger charge is -2.51. The van der Waals surface area contributed by atoms with Crippen LogP contribution in [0.2, 0.25) is 0 Å². The fourth-order valence-electron chi connectivity index (χ4n) is 4.28. The van der Waals surface area contributed by atoms with Crippen LogP contribution in [0.1, 0.15) is 50.8 Å². The highest BCUT2D eigenvalue weighted by atomic mass is 16.2. The van der Waals surface area contributed by atoms with E-state index < -0.39 is 0 Å². The fourth-order valence-corrected chi connectivity index (χ4v) is 4.28. The number of carbonyl (C=O) groups is 1. The summed E-state index contributed by atoms with van der Waals surface area (Å²) in [6, 6.07) is 17.1. The minimum atomic E-state index is -0.222. The van der Waals surface area contributed by atoms with E-state index in [-0.39, 0.29) is 16.9 Å². The Morgan fingerprint density at radius 1 is 1.00 bits per heavy atom. The zero-order chi connectivity index (χ0) is 16.8. The third-order valence-electron chi connectivity index (χ3n) is 5.13. The van der Waals surface area contributed by atoms with E-state index in [4.69, 9.17) is 0 Å². The van der Waals surface area contributed by atoms with Crippen molar-refractivity contribution in [2.24, 2.45) is 0 Å². The van der Waals surface area contributed by atoms with Gasteiger partial charge in [0.25, 0.3) is 0 Å². The standard InChI is InChI=1S/C21H25NO/c1-15-10-12-17(13-11-15)21(5)14-20(3,4)22(16(2)23)19-9-7-6-8-18(19)21/h6-13H,14H2,1-5H3/t21-/m0/s1. The van der Waals surface area contributed by atoms with Gasteiger partial charge in [-0.05, 0) is 44.4 Å². The molecule has 0 unspecified atom stereocenters. The Balaban J connectivity index is 2.25. The molecule has 0 aliphatic carbocycles. The summed E-state index contributed by atoms with van der Waals surface area (Å²) in [5.74, 6) is 0.105. The smallest absolute Gasteiger partial charge is 0.224 e. The Bertz CT molecular complexity index is 745. The number of anilines is 1. The molecule has 1 heterocycles. The first-order chi connectivity index (χ1) is 10.8. The molecule has 0 aromatic heterocycles. The second-order valence-corrected chi connectivity index (χ2v) is 7.56. The molecule has 0 bridgehead atoms. The van der Waals surface area contributed by atoms with Crippen LogP contribution in [0.15, 0.2) is 48.5 Å². The lowest BCUT2D eigenvalue weighted by Crippen LogP contribution is -2.55. The van der Waals surface area contributed by atoms with Crippen molar-refractivity contribution >= 4 is 11.6 Å². The third kappa shape index (κ3) is 2.46. The summed E-state index contributed by atoms with van der Waals surface area (Å²) < 4.78 is 0. The minimum Gasteiger partial charge on any atom is -0.307 e. The molecule has 1 aliphatic heterocycles. The summed E-state index contributed by atoms with van der Waals surface area (Å²) in [7, 11) is 0. The molecular formula is C21H25NO. The SMILES string of the molecule is CC(=O)N1c2ccccc2[C@](C)(c2ccc(C)cc2)CC1(C)C. The lowest BCUT2D eigenvalue weighted by molar-refractivity contribution is -0.117. The molecule has 120 valence electrons. The van der Waals surface area contributed by atoms with Gasteiger partial charge in [0.1, 0.15) is 0 Å². The van der Waals surface area contributed by atoms with Gasteiger partial charge in [-0.2, -0.15) is 0 Å². The Morgan fingerprint density at radius 2 is 1.61 bits per heavy atom. The summed E-state index contributed by atoms with van der Waals surface area (Å²) >= 11 is 0. The third-order valence-corrected chi connectivity index (χ3v) is 5.13. The van der Waals surface area contributed by atoms with Crippen LogP contribution in [-0.2, 0) is 10.2 Å². The van der Waals surface area contributed by atoms with E-state index >= 15 is 0 Å². The van der Waals surface area contributed by atoms with Crippen molar-refractivity contribution in [1.82, 2.24) is 0 Å². The van der Waals surface area contributed by atoms with Crippen LogP contribution in [0.3, 0.4) is 0 Å². The van der Waals surface area contributed by atoms with Gasteiger partial charge in [-0.25, -0.2) is 0 Å². The van der Waals surface area contributed by atoms with Crippen LogP contribution in [0.5, 0.6) is 0 Å². The van der Waals surface area contributed by atoms with E-state index in [9.17, 15) is 4.79 Å². The van der Waals surface area contributed by atoms with Crippen molar-refractivity contribution in [3.05, 3.63) is 65.2 Å². The summed E-state index contributed by atoms with van der Waals surface area (Å²) in [6.07, 6.45) is 0.902. The molecule has 1 atom stereocenters. The number of benzene rings is 2.